The molecular weight excluding hydrogens is 313 g/mol. The van der Waals surface area contributed by atoms with E-state index in [0.29, 0.717) is 12.1 Å². The molecule has 24 heavy (non-hydrogen) atoms. The van der Waals surface area contributed by atoms with Crippen LogP contribution in [0.5, 0.6) is 0 Å². The first-order chi connectivity index (χ1) is 11.5. The van der Waals surface area contributed by atoms with Crippen molar-refractivity contribution in [3.05, 3.63) is 29.6 Å². The Morgan fingerprint density at radius 1 is 1.29 bits per heavy atom. The fraction of sp³-hybridized carbons (Fsp3) is 0.529. The van der Waals surface area contributed by atoms with E-state index in [1.165, 1.54) is 6.07 Å². The third-order valence-electron chi connectivity index (χ3n) is 4.13. The highest BCUT2D eigenvalue weighted by atomic mass is 19.1. The second-order valence-corrected chi connectivity index (χ2v) is 6.10. The number of aliphatic hydroxyl groups is 1. The van der Waals surface area contributed by atoms with Crippen molar-refractivity contribution in [2.75, 3.05) is 31.5 Å². The lowest BCUT2D eigenvalue weighted by Crippen LogP contribution is -2.39. The van der Waals surface area contributed by atoms with E-state index in [4.69, 9.17) is 0 Å². The van der Waals surface area contributed by atoms with Crippen LogP contribution < -0.4 is 10.6 Å². The zero-order valence-electron chi connectivity index (χ0n) is 13.8. The van der Waals surface area contributed by atoms with E-state index in [-0.39, 0.29) is 11.8 Å². The van der Waals surface area contributed by atoms with E-state index < -0.39 is 17.6 Å². The van der Waals surface area contributed by atoms with Crippen molar-refractivity contribution in [2.24, 2.45) is 0 Å². The lowest BCUT2D eigenvalue weighted by atomic mass is 10.1. The first kappa shape index (κ1) is 18.4. The zero-order valence-corrected chi connectivity index (χ0v) is 13.8. The van der Waals surface area contributed by atoms with Gasteiger partial charge in [-0.05, 0) is 50.4 Å². The van der Waals surface area contributed by atoms with E-state index in [9.17, 15) is 19.1 Å². The van der Waals surface area contributed by atoms with Crippen molar-refractivity contribution >= 4 is 17.5 Å². The Hall–Kier alpha value is -1.99. The largest absolute Gasteiger partial charge is 0.393 e. The van der Waals surface area contributed by atoms with Crippen molar-refractivity contribution in [1.82, 2.24) is 10.2 Å². The number of nitrogens with one attached hydrogen (secondary N) is 2. The van der Waals surface area contributed by atoms with Gasteiger partial charge in [-0.15, -0.1) is 0 Å². The SMILES string of the molecule is Cc1ccc(NC(=O)C(=O)NCCCN2CCC(O)CC2)cc1F. The number of benzene rings is 1. The smallest absolute Gasteiger partial charge is 0.313 e. The van der Waals surface area contributed by atoms with Gasteiger partial charge in [-0.25, -0.2) is 4.39 Å². The van der Waals surface area contributed by atoms with E-state index in [0.717, 1.165) is 38.9 Å². The highest BCUT2D eigenvalue weighted by molar-refractivity contribution is 6.39. The molecule has 1 fully saturated rings. The molecule has 2 amide bonds. The van der Waals surface area contributed by atoms with Crippen molar-refractivity contribution in [2.45, 2.75) is 32.3 Å². The molecule has 1 heterocycles. The van der Waals surface area contributed by atoms with Crippen LogP contribution in [0.2, 0.25) is 0 Å². The van der Waals surface area contributed by atoms with Gasteiger partial charge in [0.25, 0.3) is 0 Å². The van der Waals surface area contributed by atoms with Crippen LogP contribution in [0.15, 0.2) is 18.2 Å². The number of anilines is 1. The molecule has 6 nitrogen and oxygen atoms in total. The third-order valence-corrected chi connectivity index (χ3v) is 4.13. The Morgan fingerprint density at radius 3 is 2.67 bits per heavy atom. The van der Waals surface area contributed by atoms with Crippen LogP contribution in [0.3, 0.4) is 0 Å². The lowest BCUT2D eigenvalue weighted by Gasteiger charge is -2.29. The molecule has 0 atom stereocenters. The number of rotatable bonds is 5. The molecule has 3 N–H and O–H groups in total. The van der Waals surface area contributed by atoms with Crippen LogP contribution >= 0.6 is 0 Å². The molecule has 1 aromatic rings. The van der Waals surface area contributed by atoms with E-state index >= 15 is 0 Å². The van der Waals surface area contributed by atoms with Crippen LogP contribution in [0.1, 0.15) is 24.8 Å². The molecule has 0 radical (unpaired) electrons. The number of aliphatic hydroxyl groups excluding tert-OH is 1. The molecule has 0 aliphatic carbocycles. The van der Waals surface area contributed by atoms with E-state index in [2.05, 4.69) is 15.5 Å². The topological polar surface area (TPSA) is 81.7 Å². The molecule has 1 aromatic carbocycles. The third kappa shape index (κ3) is 5.58. The number of carbonyl (C=O) groups is 2. The summed E-state index contributed by atoms with van der Waals surface area (Å²) in [5.74, 6) is -1.97. The predicted octanol–water partition coefficient (Wildman–Crippen LogP) is 1.04. The number of amides is 2. The average molecular weight is 337 g/mol. The highest BCUT2D eigenvalue weighted by Gasteiger charge is 2.17. The molecule has 0 aromatic heterocycles. The van der Waals surface area contributed by atoms with Gasteiger partial charge >= 0.3 is 11.8 Å². The molecule has 2 rings (SSSR count). The molecule has 0 unspecified atom stereocenters. The fourth-order valence-electron chi connectivity index (χ4n) is 2.59. The van der Waals surface area contributed by atoms with Gasteiger partial charge in [-0.1, -0.05) is 6.07 Å². The maximum Gasteiger partial charge on any atom is 0.313 e. The number of aryl methyl sites for hydroxylation is 1. The number of hydrogen-bond donors (Lipinski definition) is 3. The van der Waals surface area contributed by atoms with Gasteiger partial charge in [-0.2, -0.15) is 0 Å². The maximum absolute atomic E-state index is 13.4. The predicted molar refractivity (Wildman–Crippen MR) is 89.1 cm³/mol. The summed E-state index contributed by atoms with van der Waals surface area (Å²) in [4.78, 5) is 25.7. The summed E-state index contributed by atoms with van der Waals surface area (Å²) < 4.78 is 13.4. The van der Waals surface area contributed by atoms with Gasteiger partial charge in [0.1, 0.15) is 5.82 Å². The van der Waals surface area contributed by atoms with Crippen molar-refractivity contribution < 1.29 is 19.1 Å². The standard InChI is InChI=1S/C17H24FN3O3/c1-12-3-4-13(11-15(12)18)20-17(24)16(23)19-7-2-8-21-9-5-14(22)6-10-21/h3-4,11,14,22H,2,5-10H2,1H3,(H,19,23)(H,20,24). The minimum absolute atomic E-state index is 0.198. The van der Waals surface area contributed by atoms with Gasteiger partial charge in [0, 0.05) is 25.3 Å². The number of likely N-dealkylation sites (tertiary alicyclic amines) is 1. The maximum atomic E-state index is 13.4. The average Bonchev–Trinajstić information content (AvgIpc) is 2.56. The van der Waals surface area contributed by atoms with E-state index in [1.54, 1.807) is 19.1 Å². The van der Waals surface area contributed by atoms with Crippen LogP contribution in [-0.4, -0.2) is 54.1 Å². The number of hydrogen-bond acceptors (Lipinski definition) is 4. The quantitative estimate of drug-likeness (QED) is 0.554. The molecule has 132 valence electrons. The summed E-state index contributed by atoms with van der Waals surface area (Å²) in [6.07, 6.45) is 2.09. The summed E-state index contributed by atoms with van der Waals surface area (Å²) in [5, 5.41) is 14.4. The summed E-state index contributed by atoms with van der Waals surface area (Å²) in [5.41, 5.74) is 0.729. The Labute approximate surface area is 141 Å². The number of piperidine rings is 1. The summed E-state index contributed by atoms with van der Waals surface area (Å²) in [6, 6.07) is 4.28. The van der Waals surface area contributed by atoms with Crippen molar-refractivity contribution in [3.8, 4) is 0 Å². The lowest BCUT2D eigenvalue weighted by molar-refractivity contribution is -0.136. The van der Waals surface area contributed by atoms with Gasteiger partial charge in [-0.3, -0.25) is 9.59 Å². The Bertz CT molecular complexity index is 586. The van der Waals surface area contributed by atoms with E-state index in [1.807, 2.05) is 0 Å². The Balaban J connectivity index is 1.66. The van der Waals surface area contributed by atoms with Crippen molar-refractivity contribution in [1.29, 1.82) is 0 Å². The number of nitrogens with zero attached hydrogens (tertiary/aromatic N) is 1. The second kappa shape index (κ2) is 8.75. The molecule has 1 saturated heterocycles. The molecule has 0 spiro atoms. The summed E-state index contributed by atoms with van der Waals surface area (Å²) in [7, 11) is 0. The molecule has 7 heteroatoms. The molecule has 0 bridgehead atoms. The van der Waals surface area contributed by atoms with Crippen LogP contribution in [0.25, 0.3) is 0 Å². The number of halogens is 1. The minimum atomic E-state index is -0.806. The van der Waals surface area contributed by atoms with Gasteiger partial charge < -0.3 is 20.6 Å². The summed E-state index contributed by atoms with van der Waals surface area (Å²) >= 11 is 0. The molecule has 1 aliphatic rings. The first-order valence-corrected chi connectivity index (χ1v) is 8.21. The minimum Gasteiger partial charge on any atom is -0.393 e. The normalized spacial score (nSPS) is 16.0. The van der Waals surface area contributed by atoms with Gasteiger partial charge in [0.2, 0.25) is 0 Å². The van der Waals surface area contributed by atoms with Gasteiger partial charge in [0.05, 0.1) is 6.10 Å². The zero-order chi connectivity index (χ0) is 17.5. The van der Waals surface area contributed by atoms with Crippen LogP contribution in [0.4, 0.5) is 10.1 Å². The van der Waals surface area contributed by atoms with Crippen LogP contribution in [0, 0.1) is 12.7 Å². The monoisotopic (exact) mass is 337 g/mol. The molecule has 0 saturated carbocycles. The number of carbonyl (C=O) groups excluding carboxylic acids is 2. The van der Waals surface area contributed by atoms with Crippen LogP contribution in [-0.2, 0) is 9.59 Å². The molecule has 1 aliphatic heterocycles. The molecular formula is C17H24FN3O3. The summed E-state index contributed by atoms with van der Waals surface area (Å²) in [6.45, 7) is 4.55. The van der Waals surface area contributed by atoms with Crippen molar-refractivity contribution in [3.63, 3.8) is 0 Å². The first-order valence-electron chi connectivity index (χ1n) is 8.21. The Morgan fingerprint density at radius 2 is 2.00 bits per heavy atom. The Kier molecular flexibility index (Phi) is 6.69. The second-order valence-electron chi connectivity index (χ2n) is 6.10. The highest BCUT2D eigenvalue weighted by Crippen LogP contribution is 2.13. The van der Waals surface area contributed by atoms with Gasteiger partial charge in [0.15, 0.2) is 0 Å². The fourth-order valence-corrected chi connectivity index (χ4v) is 2.59.